The fourth-order valence-electron chi connectivity index (χ4n) is 2.44. The summed E-state index contributed by atoms with van der Waals surface area (Å²) in [5, 5.41) is 3.50. The first-order valence-corrected chi connectivity index (χ1v) is 7.38. The molecular formula is C15H21ClN2O2. The lowest BCUT2D eigenvalue weighted by Gasteiger charge is -2.17. The van der Waals surface area contributed by atoms with E-state index in [1.807, 2.05) is 25.1 Å². The van der Waals surface area contributed by atoms with Crippen LogP contribution in [0.2, 0.25) is 5.02 Å². The fraction of sp³-hybridized carbons (Fsp3) is 0.533. The molecule has 0 saturated heterocycles. The normalized spacial score (nSPS) is 23.4. The van der Waals surface area contributed by atoms with Gasteiger partial charge in [-0.3, -0.25) is 4.79 Å². The molecule has 1 aromatic rings. The van der Waals surface area contributed by atoms with E-state index in [4.69, 9.17) is 22.1 Å². The quantitative estimate of drug-likeness (QED) is 0.876. The third-order valence-corrected chi connectivity index (χ3v) is 3.88. The van der Waals surface area contributed by atoms with Crippen LogP contribution in [0, 0.1) is 5.92 Å². The summed E-state index contributed by atoms with van der Waals surface area (Å²) in [7, 11) is 0. The van der Waals surface area contributed by atoms with Gasteiger partial charge in [0.15, 0.2) is 0 Å². The summed E-state index contributed by atoms with van der Waals surface area (Å²) in [6.07, 6.45) is 2.47. The van der Waals surface area contributed by atoms with Crippen LogP contribution < -0.4 is 15.8 Å². The predicted molar refractivity (Wildman–Crippen MR) is 79.9 cm³/mol. The molecule has 1 fully saturated rings. The average molecular weight is 297 g/mol. The van der Waals surface area contributed by atoms with Gasteiger partial charge in [0.05, 0.1) is 11.6 Å². The van der Waals surface area contributed by atoms with Crippen LogP contribution in [-0.4, -0.2) is 24.6 Å². The molecule has 3 atom stereocenters. The minimum Gasteiger partial charge on any atom is -0.487 e. The van der Waals surface area contributed by atoms with Crippen LogP contribution in [0.15, 0.2) is 24.3 Å². The van der Waals surface area contributed by atoms with E-state index < -0.39 is 0 Å². The lowest BCUT2D eigenvalue weighted by atomic mass is 10.1. The summed E-state index contributed by atoms with van der Waals surface area (Å²) < 4.78 is 5.71. The zero-order valence-electron chi connectivity index (χ0n) is 11.6. The maximum absolute atomic E-state index is 12.0. The molecule has 0 radical (unpaired) electrons. The Bertz CT molecular complexity index is 467. The number of benzene rings is 1. The van der Waals surface area contributed by atoms with Crippen LogP contribution >= 0.6 is 11.6 Å². The number of halogens is 1. The number of hydrogen-bond donors (Lipinski definition) is 2. The Morgan fingerprint density at radius 1 is 1.50 bits per heavy atom. The van der Waals surface area contributed by atoms with Crippen LogP contribution in [0.1, 0.15) is 26.2 Å². The molecule has 4 nitrogen and oxygen atoms in total. The third-order valence-electron chi connectivity index (χ3n) is 3.57. The molecule has 0 aliphatic heterocycles. The van der Waals surface area contributed by atoms with Crippen LogP contribution in [0.3, 0.4) is 0 Å². The van der Waals surface area contributed by atoms with Gasteiger partial charge in [-0.15, -0.1) is 0 Å². The molecule has 20 heavy (non-hydrogen) atoms. The van der Waals surface area contributed by atoms with Crippen molar-refractivity contribution in [1.82, 2.24) is 5.32 Å². The second-order valence-electron chi connectivity index (χ2n) is 5.37. The summed E-state index contributed by atoms with van der Waals surface area (Å²) in [4.78, 5) is 12.0. The first-order valence-electron chi connectivity index (χ1n) is 7.00. The molecule has 1 aliphatic rings. The summed E-state index contributed by atoms with van der Waals surface area (Å²) in [6, 6.07) is 7.48. The van der Waals surface area contributed by atoms with E-state index in [-0.39, 0.29) is 24.0 Å². The number of ether oxygens (including phenoxy) is 1. The number of nitrogens with one attached hydrogen (secondary N) is 1. The van der Waals surface area contributed by atoms with E-state index in [0.29, 0.717) is 17.3 Å². The highest BCUT2D eigenvalue weighted by Gasteiger charge is 2.27. The van der Waals surface area contributed by atoms with Crippen LogP contribution in [0.4, 0.5) is 0 Å². The maximum atomic E-state index is 12.0. The van der Waals surface area contributed by atoms with E-state index >= 15 is 0 Å². The van der Waals surface area contributed by atoms with Gasteiger partial charge in [0, 0.05) is 12.0 Å². The first kappa shape index (κ1) is 15.1. The number of hydrogen-bond acceptors (Lipinski definition) is 3. The molecule has 0 spiro atoms. The largest absolute Gasteiger partial charge is 0.487 e. The SMILES string of the molecule is CC(CNC(=O)C1CCC(N)C1)Oc1ccccc1Cl. The summed E-state index contributed by atoms with van der Waals surface area (Å²) in [6.45, 7) is 2.37. The molecule has 0 heterocycles. The lowest BCUT2D eigenvalue weighted by molar-refractivity contribution is -0.125. The van der Waals surface area contributed by atoms with Gasteiger partial charge in [-0.2, -0.15) is 0 Å². The number of rotatable bonds is 5. The highest BCUT2D eigenvalue weighted by Crippen LogP contribution is 2.25. The van der Waals surface area contributed by atoms with E-state index in [1.165, 1.54) is 0 Å². The van der Waals surface area contributed by atoms with Gasteiger partial charge in [0.25, 0.3) is 0 Å². The highest BCUT2D eigenvalue weighted by atomic mass is 35.5. The van der Waals surface area contributed by atoms with Gasteiger partial charge in [0.1, 0.15) is 11.9 Å². The van der Waals surface area contributed by atoms with Crippen molar-refractivity contribution >= 4 is 17.5 Å². The maximum Gasteiger partial charge on any atom is 0.223 e. The zero-order valence-corrected chi connectivity index (χ0v) is 12.4. The lowest BCUT2D eigenvalue weighted by Crippen LogP contribution is -2.37. The van der Waals surface area contributed by atoms with Gasteiger partial charge in [-0.05, 0) is 38.3 Å². The van der Waals surface area contributed by atoms with E-state index in [2.05, 4.69) is 5.32 Å². The fourth-order valence-corrected chi connectivity index (χ4v) is 2.62. The van der Waals surface area contributed by atoms with Crippen molar-refractivity contribution in [3.8, 4) is 5.75 Å². The Labute approximate surface area is 124 Å². The van der Waals surface area contributed by atoms with E-state index in [0.717, 1.165) is 19.3 Å². The Kier molecular flexibility index (Phi) is 5.26. The number of amides is 1. The second-order valence-corrected chi connectivity index (χ2v) is 5.78. The molecule has 2 rings (SSSR count). The predicted octanol–water partition coefficient (Wildman–Crippen LogP) is 2.35. The minimum atomic E-state index is -0.131. The monoisotopic (exact) mass is 296 g/mol. The van der Waals surface area contributed by atoms with Gasteiger partial charge in [0.2, 0.25) is 5.91 Å². The van der Waals surface area contributed by atoms with Crippen LogP contribution in [-0.2, 0) is 4.79 Å². The Morgan fingerprint density at radius 3 is 2.90 bits per heavy atom. The number of para-hydroxylation sites is 1. The Hall–Kier alpha value is -1.26. The molecule has 3 unspecified atom stereocenters. The number of carbonyl (C=O) groups excluding carboxylic acids is 1. The van der Waals surface area contributed by atoms with Crippen LogP contribution in [0.25, 0.3) is 0 Å². The van der Waals surface area contributed by atoms with Crippen molar-refractivity contribution < 1.29 is 9.53 Å². The highest BCUT2D eigenvalue weighted by molar-refractivity contribution is 6.32. The Balaban J connectivity index is 1.76. The molecular weight excluding hydrogens is 276 g/mol. The van der Waals surface area contributed by atoms with Crippen LogP contribution in [0.5, 0.6) is 5.75 Å². The van der Waals surface area contributed by atoms with Crippen molar-refractivity contribution in [3.63, 3.8) is 0 Å². The van der Waals surface area contributed by atoms with Crippen molar-refractivity contribution in [2.45, 2.75) is 38.3 Å². The topological polar surface area (TPSA) is 64.4 Å². The number of carbonyl (C=O) groups is 1. The molecule has 0 aromatic heterocycles. The van der Waals surface area contributed by atoms with Gasteiger partial charge in [-0.25, -0.2) is 0 Å². The molecule has 1 aliphatic carbocycles. The summed E-state index contributed by atoms with van der Waals surface area (Å²) in [5.41, 5.74) is 5.82. The second kappa shape index (κ2) is 6.95. The standard InChI is InChI=1S/C15H21ClN2O2/c1-10(20-14-5-3-2-4-13(14)16)9-18-15(19)11-6-7-12(17)8-11/h2-5,10-12H,6-9,17H2,1H3,(H,18,19). The van der Waals surface area contributed by atoms with Gasteiger partial charge >= 0.3 is 0 Å². The molecule has 3 N–H and O–H groups in total. The van der Waals surface area contributed by atoms with Crippen molar-refractivity contribution in [3.05, 3.63) is 29.3 Å². The van der Waals surface area contributed by atoms with Crippen molar-refractivity contribution in [1.29, 1.82) is 0 Å². The average Bonchev–Trinajstić information content (AvgIpc) is 2.85. The van der Waals surface area contributed by atoms with Gasteiger partial charge < -0.3 is 15.8 Å². The molecule has 1 saturated carbocycles. The Morgan fingerprint density at radius 2 is 2.25 bits per heavy atom. The van der Waals surface area contributed by atoms with Crippen molar-refractivity contribution in [2.75, 3.05) is 6.54 Å². The van der Waals surface area contributed by atoms with Gasteiger partial charge in [-0.1, -0.05) is 23.7 Å². The molecule has 0 bridgehead atoms. The summed E-state index contributed by atoms with van der Waals surface area (Å²) >= 11 is 6.02. The third kappa shape index (κ3) is 4.12. The molecule has 110 valence electrons. The molecule has 5 heteroatoms. The van der Waals surface area contributed by atoms with Crippen molar-refractivity contribution in [2.24, 2.45) is 11.7 Å². The number of nitrogens with two attached hydrogens (primary N) is 1. The smallest absolute Gasteiger partial charge is 0.223 e. The molecule has 1 aromatic carbocycles. The van der Waals surface area contributed by atoms with E-state index in [1.54, 1.807) is 6.07 Å². The van der Waals surface area contributed by atoms with E-state index in [9.17, 15) is 4.79 Å². The first-order chi connectivity index (χ1) is 9.56. The zero-order chi connectivity index (χ0) is 14.5. The molecule has 1 amide bonds. The minimum absolute atomic E-state index is 0.0533. The summed E-state index contributed by atoms with van der Waals surface area (Å²) in [5.74, 6) is 0.767.